The van der Waals surface area contributed by atoms with Crippen LogP contribution in [0.1, 0.15) is 21.5 Å². The molecule has 7 heteroatoms. The van der Waals surface area contributed by atoms with Crippen LogP contribution in [0.4, 0.5) is 11.5 Å². The van der Waals surface area contributed by atoms with Crippen molar-refractivity contribution in [2.24, 2.45) is 0 Å². The second kappa shape index (κ2) is 8.95. The number of pyridine rings is 1. The van der Waals surface area contributed by atoms with Crippen LogP contribution in [0.3, 0.4) is 0 Å². The highest BCUT2D eigenvalue weighted by molar-refractivity contribution is 6.04. The number of methoxy groups -OCH3 is 3. The van der Waals surface area contributed by atoms with Gasteiger partial charge < -0.3 is 24.4 Å². The van der Waals surface area contributed by atoms with E-state index in [1.807, 2.05) is 30.3 Å². The molecule has 0 saturated carbocycles. The number of anilines is 2. The second-order valence-corrected chi connectivity index (χ2v) is 7.20. The molecule has 3 aromatic rings. The summed E-state index contributed by atoms with van der Waals surface area (Å²) in [6.45, 7) is 1.52. The van der Waals surface area contributed by atoms with Gasteiger partial charge in [0.05, 0.1) is 26.9 Å². The molecule has 0 atom stereocenters. The van der Waals surface area contributed by atoms with Crippen LogP contribution in [0, 0.1) is 0 Å². The maximum absolute atomic E-state index is 12.6. The van der Waals surface area contributed by atoms with E-state index in [9.17, 15) is 4.79 Å². The van der Waals surface area contributed by atoms with Gasteiger partial charge in [0.1, 0.15) is 11.6 Å². The molecule has 1 aliphatic rings. The van der Waals surface area contributed by atoms with Crippen LogP contribution in [0.15, 0.2) is 54.7 Å². The van der Waals surface area contributed by atoms with E-state index in [0.29, 0.717) is 17.0 Å². The van der Waals surface area contributed by atoms with E-state index in [2.05, 4.69) is 21.3 Å². The van der Waals surface area contributed by atoms with E-state index in [-0.39, 0.29) is 5.91 Å². The standard InChI is InChI=1S/C24H25N3O4/c1-29-19-6-4-5-18(13-19)26-24(28)16-8-10-22(25-14-16)27-12-11-20-17(15-27)7-9-21(30-2)23(20)31-3/h4-10,13-14H,11-12,15H2,1-3H3,(H,26,28). The molecule has 2 heterocycles. The van der Waals surface area contributed by atoms with Crippen molar-refractivity contribution < 1.29 is 19.0 Å². The number of fused-ring (bicyclic) bond motifs is 1. The summed E-state index contributed by atoms with van der Waals surface area (Å²) in [6, 6.07) is 14.9. The van der Waals surface area contributed by atoms with E-state index in [4.69, 9.17) is 14.2 Å². The maximum atomic E-state index is 12.6. The van der Waals surface area contributed by atoms with Gasteiger partial charge in [-0.15, -0.1) is 0 Å². The van der Waals surface area contributed by atoms with Gasteiger partial charge in [-0.05, 0) is 42.3 Å². The highest BCUT2D eigenvalue weighted by atomic mass is 16.5. The number of rotatable bonds is 6. The third-order valence-electron chi connectivity index (χ3n) is 5.40. The molecule has 160 valence electrons. The number of ether oxygens (including phenoxy) is 3. The number of carbonyl (C=O) groups excluding carboxylic acids is 1. The van der Waals surface area contributed by atoms with Crippen molar-refractivity contribution in [1.82, 2.24) is 4.98 Å². The lowest BCUT2D eigenvalue weighted by Crippen LogP contribution is -2.31. The van der Waals surface area contributed by atoms with Gasteiger partial charge in [-0.2, -0.15) is 0 Å². The van der Waals surface area contributed by atoms with Gasteiger partial charge in [0.25, 0.3) is 5.91 Å². The van der Waals surface area contributed by atoms with E-state index in [1.165, 1.54) is 11.1 Å². The van der Waals surface area contributed by atoms with Gasteiger partial charge in [0.2, 0.25) is 0 Å². The second-order valence-electron chi connectivity index (χ2n) is 7.20. The van der Waals surface area contributed by atoms with Crippen molar-refractivity contribution in [1.29, 1.82) is 0 Å². The zero-order chi connectivity index (χ0) is 21.8. The summed E-state index contributed by atoms with van der Waals surface area (Å²) in [5.74, 6) is 2.86. The molecule has 0 bridgehead atoms. The Morgan fingerprint density at radius 1 is 1.03 bits per heavy atom. The van der Waals surface area contributed by atoms with Crippen LogP contribution in [0.2, 0.25) is 0 Å². The zero-order valence-corrected chi connectivity index (χ0v) is 17.8. The molecule has 1 aromatic heterocycles. The fourth-order valence-electron chi connectivity index (χ4n) is 3.79. The molecule has 31 heavy (non-hydrogen) atoms. The summed E-state index contributed by atoms with van der Waals surface area (Å²) >= 11 is 0. The SMILES string of the molecule is COc1cccc(NC(=O)c2ccc(N3CCc4c(ccc(OC)c4OC)C3)nc2)c1. The average molecular weight is 419 g/mol. The summed E-state index contributed by atoms with van der Waals surface area (Å²) in [5.41, 5.74) is 3.53. The number of carbonyl (C=O) groups is 1. The number of aromatic nitrogens is 1. The van der Waals surface area contributed by atoms with Crippen molar-refractivity contribution in [3.63, 3.8) is 0 Å². The van der Waals surface area contributed by atoms with Crippen molar-refractivity contribution in [3.05, 3.63) is 71.4 Å². The Morgan fingerprint density at radius 3 is 2.61 bits per heavy atom. The lowest BCUT2D eigenvalue weighted by atomic mass is 9.98. The Hall–Kier alpha value is -3.74. The van der Waals surface area contributed by atoms with Crippen LogP contribution in [-0.4, -0.2) is 38.8 Å². The molecule has 0 saturated heterocycles. The number of hydrogen-bond donors (Lipinski definition) is 1. The first-order valence-corrected chi connectivity index (χ1v) is 10.0. The van der Waals surface area contributed by atoms with Crippen molar-refractivity contribution >= 4 is 17.4 Å². The quantitative estimate of drug-likeness (QED) is 0.653. The predicted molar refractivity (Wildman–Crippen MR) is 119 cm³/mol. The summed E-state index contributed by atoms with van der Waals surface area (Å²) in [5, 5.41) is 2.87. The Kier molecular flexibility index (Phi) is 5.93. The van der Waals surface area contributed by atoms with Gasteiger partial charge >= 0.3 is 0 Å². The van der Waals surface area contributed by atoms with E-state index >= 15 is 0 Å². The van der Waals surface area contributed by atoms with Crippen LogP contribution in [-0.2, 0) is 13.0 Å². The molecule has 1 N–H and O–H groups in total. The lowest BCUT2D eigenvalue weighted by Gasteiger charge is -2.31. The molecule has 4 rings (SSSR count). The normalized spacial score (nSPS) is 12.7. The number of amides is 1. The van der Waals surface area contributed by atoms with Gasteiger partial charge in [0.15, 0.2) is 11.5 Å². The largest absolute Gasteiger partial charge is 0.497 e. The minimum absolute atomic E-state index is 0.215. The van der Waals surface area contributed by atoms with Crippen molar-refractivity contribution in [3.8, 4) is 17.2 Å². The van der Waals surface area contributed by atoms with E-state index in [0.717, 1.165) is 36.8 Å². The molecule has 0 radical (unpaired) electrons. The smallest absolute Gasteiger partial charge is 0.257 e. The first kappa shape index (κ1) is 20.5. The van der Waals surface area contributed by atoms with Crippen LogP contribution < -0.4 is 24.4 Å². The summed E-state index contributed by atoms with van der Waals surface area (Å²) in [6.07, 6.45) is 2.43. The molecule has 2 aromatic carbocycles. The summed E-state index contributed by atoms with van der Waals surface area (Å²) < 4.78 is 16.2. The number of hydrogen-bond acceptors (Lipinski definition) is 6. The van der Waals surface area contributed by atoms with Crippen LogP contribution in [0.5, 0.6) is 17.2 Å². The van der Waals surface area contributed by atoms with Crippen molar-refractivity contribution in [2.45, 2.75) is 13.0 Å². The fourth-order valence-corrected chi connectivity index (χ4v) is 3.79. The molecule has 0 spiro atoms. The third-order valence-corrected chi connectivity index (χ3v) is 5.40. The molecule has 0 unspecified atom stereocenters. The molecule has 7 nitrogen and oxygen atoms in total. The molecular formula is C24H25N3O4. The molecule has 1 amide bonds. The maximum Gasteiger partial charge on any atom is 0.257 e. The zero-order valence-electron chi connectivity index (χ0n) is 17.8. The predicted octanol–water partition coefficient (Wildman–Crippen LogP) is 3.92. The molecule has 0 aliphatic carbocycles. The number of nitrogens with one attached hydrogen (secondary N) is 1. The summed E-state index contributed by atoms with van der Waals surface area (Å²) in [7, 11) is 4.91. The Morgan fingerprint density at radius 2 is 1.90 bits per heavy atom. The van der Waals surface area contributed by atoms with Gasteiger partial charge in [-0.25, -0.2) is 4.98 Å². The highest BCUT2D eigenvalue weighted by Gasteiger charge is 2.23. The Balaban J connectivity index is 1.47. The Bertz CT molecular complexity index is 1080. The van der Waals surface area contributed by atoms with Crippen molar-refractivity contribution in [2.75, 3.05) is 38.1 Å². The minimum Gasteiger partial charge on any atom is -0.497 e. The number of benzene rings is 2. The van der Waals surface area contributed by atoms with E-state index in [1.54, 1.807) is 39.7 Å². The van der Waals surface area contributed by atoms with Gasteiger partial charge in [-0.3, -0.25) is 4.79 Å². The highest BCUT2D eigenvalue weighted by Crippen LogP contribution is 2.37. The van der Waals surface area contributed by atoms with E-state index < -0.39 is 0 Å². The first-order chi connectivity index (χ1) is 15.1. The van der Waals surface area contributed by atoms with Crippen LogP contribution in [0.25, 0.3) is 0 Å². The topological polar surface area (TPSA) is 72.9 Å². The molecular weight excluding hydrogens is 394 g/mol. The Labute approximate surface area is 181 Å². The monoisotopic (exact) mass is 419 g/mol. The first-order valence-electron chi connectivity index (χ1n) is 10.0. The average Bonchev–Trinajstić information content (AvgIpc) is 2.83. The van der Waals surface area contributed by atoms with Crippen LogP contribution >= 0.6 is 0 Å². The van der Waals surface area contributed by atoms with Gasteiger partial charge in [-0.1, -0.05) is 12.1 Å². The lowest BCUT2D eigenvalue weighted by molar-refractivity contribution is 0.102. The number of nitrogens with zero attached hydrogens (tertiary/aromatic N) is 2. The summed E-state index contributed by atoms with van der Waals surface area (Å²) in [4.78, 5) is 19.3. The molecule has 1 aliphatic heterocycles. The fraction of sp³-hybridized carbons (Fsp3) is 0.250. The van der Waals surface area contributed by atoms with Gasteiger partial charge in [0, 0.05) is 36.6 Å². The third kappa shape index (κ3) is 4.26. The minimum atomic E-state index is -0.215. The molecule has 0 fully saturated rings.